The average molecular weight is 397 g/mol. The van der Waals surface area contributed by atoms with Crippen LogP contribution in [0.4, 0.5) is 0 Å². The lowest BCUT2D eigenvalue weighted by molar-refractivity contribution is -0.134. The summed E-state index contributed by atoms with van der Waals surface area (Å²) in [6.07, 6.45) is 10.8. The van der Waals surface area contributed by atoms with Crippen LogP contribution < -0.4 is 0 Å². The normalized spacial score (nSPS) is 18.1. The molecule has 0 aliphatic carbocycles. The second kappa shape index (κ2) is 11.0. The number of rotatable bonds is 10. The first-order valence-electron chi connectivity index (χ1n) is 9.71. The smallest absolute Gasteiger partial charge is 0.330 e. The molecular formula is C21H36O3SSi. The summed E-state index contributed by atoms with van der Waals surface area (Å²) >= 11 is 1.85. The number of carbonyl (C=O) groups is 1. The van der Waals surface area contributed by atoms with E-state index in [-0.39, 0.29) is 5.97 Å². The molecule has 1 unspecified atom stereocenters. The number of esters is 1. The molecule has 0 amide bonds. The molecule has 3 nitrogen and oxygen atoms in total. The molecule has 148 valence electrons. The third-order valence-electron chi connectivity index (χ3n) is 5.15. The Labute approximate surface area is 165 Å². The van der Waals surface area contributed by atoms with E-state index in [9.17, 15) is 4.79 Å². The monoisotopic (exact) mass is 396 g/mol. The Balaban J connectivity index is 2.70. The van der Waals surface area contributed by atoms with Gasteiger partial charge in [0.05, 0.1) is 7.11 Å². The van der Waals surface area contributed by atoms with Gasteiger partial charge in [0.1, 0.15) is 5.76 Å². The van der Waals surface area contributed by atoms with Crippen molar-refractivity contribution in [1.29, 1.82) is 0 Å². The predicted molar refractivity (Wildman–Crippen MR) is 116 cm³/mol. The molecule has 0 radical (unpaired) electrons. The molecule has 0 spiro atoms. The highest BCUT2D eigenvalue weighted by Gasteiger charge is 2.47. The lowest BCUT2D eigenvalue weighted by Gasteiger charge is -2.43. The van der Waals surface area contributed by atoms with Gasteiger partial charge in [0.15, 0.2) is 0 Å². The van der Waals surface area contributed by atoms with E-state index < -0.39 is 8.32 Å². The molecule has 0 aromatic heterocycles. The largest absolute Gasteiger partial charge is 0.543 e. The van der Waals surface area contributed by atoms with Crippen molar-refractivity contribution in [3.05, 3.63) is 35.5 Å². The highest BCUT2D eigenvalue weighted by molar-refractivity contribution is 8.02. The fourth-order valence-corrected chi connectivity index (χ4v) is 10.1. The molecule has 26 heavy (non-hydrogen) atoms. The number of unbranched alkanes of at least 4 members (excludes halogenated alkanes) is 1. The van der Waals surface area contributed by atoms with Crippen LogP contribution in [-0.4, -0.2) is 26.6 Å². The number of ether oxygens (including phenoxy) is 1. The van der Waals surface area contributed by atoms with Gasteiger partial charge in [-0.05, 0) is 53.4 Å². The summed E-state index contributed by atoms with van der Waals surface area (Å²) in [6, 6.07) is 0. The van der Waals surface area contributed by atoms with E-state index in [4.69, 9.17) is 4.43 Å². The van der Waals surface area contributed by atoms with Crippen LogP contribution >= 0.6 is 11.8 Å². The summed E-state index contributed by atoms with van der Waals surface area (Å²) in [5.74, 6) is 0.773. The van der Waals surface area contributed by atoms with Gasteiger partial charge < -0.3 is 9.16 Å². The summed E-state index contributed by atoms with van der Waals surface area (Å²) in [7, 11) is -0.495. The summed E-state index contributed by atoms with van der Waals surface area (Å²) in [5, 5.41) is 2.62. The van der Waals surface area contributed by atoms with Gasteiger partial charge in [0.25, 0.3) is 8.32 Å². The van der Waals surface area contributed by atoms with Crippen LogP contribution in [0.1, 0.15) is 60.8 Å². The van der Waals surface area contributed by atoms with Crippen LogP contribution in [0.15, 0.2) is 35.5 Å². The van der Waals surface area contributed by atoms with Gasteiger partial charge >= 0.3 is 5.97 Å². The van der Waals surface area contributed by atoms with Crippen molar-refractivity contribution in [2.24, 2.45) is 0 Å². The predicted octanol–water partition coefficient (Wildman–Crippen LogP) is 6.59. The van der Waals surface area contributed by atoms with Crippen LogP contribution in [0.25, 0.3) is 0 Å². The standard InChI is InChI=1S/C21H36O3SSi/c1-16(2)26(17(3)4,18(5)6)24-19-13-14-25-20(15-19)11-9-8-10-12-21(22)23-7/h10,12-18,20H,8-9,11H2,1-7H3/b12-10+. The van der Waals surface area contributed by atoms with Gasteiger partial charge in [-0.1, -0.05) is 47.6 Å². The number of hydrogen-bond acceptors (Lipinski definition) is 4. The van der Waals surface area contributed by atoms with Crippen molar-refractivity contribution in [3.8, 4) is 0 Å². The molecule has 1 aliphatic heterocycles. The van der Waals surface area contributed by atoms with Crippen molar-refractivity contribution in [1.82, 2.24) is 0 Å². The van der Waals surface area contributed by atoms with E-state index in [0.29, 0.717) is 21.9 Å². The molecule has 0 N–H and O–H groups in total. The minimum absolute atomic E-state index is 0.284. The van der Waals surface area contributed by atoms with Crippen molar-refractivity contribution in [2.45, 2.75) is 82.7 Å². The number of thioether (sulfide) groups is 1. The Bertz CT molecular complexity index is 514. The first-order chi connectivity index (χ1) is 12.2. The number of hydrogen-bond donors (Lipinski definition) is 0. The van der Waals surface area contributed by atoms with E-state index >= 15 is 0 Å². The third kappa shape index (κ3) is 6.34. The summed E-state index contributed by atoms with van der Waals surface area (Å²) in [4.78, 5) is 11.1. The maximum atomic E-state index is 11.1. The number of allylic oxidation sites excluding steroid dienone is 2. The van der Waals surface area contributed by atoms with Gasteiger partial charge in [-0.15, -0.1) is 11.8 Å². The fraction of sp³-hybridized carbons (Fsp3) is 0.667. The number of methoxy groups -OCH3 is 1. The molecule has 1 aliphatic rings. The SMILES string of the molecule is COC(=O)/C=C/CCCC1C=C(O[Si](C(C)C)(C(C)C)C(C)C)C=CS1. The molecule has 0 saturated carbocycles. The first-order valence-corrected chi connectivity index (χ1v) is 12.8. The van der Waals surface area contributed by atoms with E-state index in [1.807, 2.05) is 17.8 Å². The Morgan fingerprint density at radius 3 is 2.35 bits per heavy atom. The highest BCUT2D eigenvalue weighted by atomic mass is 32.2. The molecule has 0 bridgehead atoms. The zero-order chi connectivity index (χ0) is 19.7. The maximum Gasteiger partial charge on any atom is 0.330 e. The lowest BCUT2D eigenvalue weighted by atomic mass is 10.1. The van der Waals surface area contributed by atoms with E-state index in [2.05, 4.69) is 63.8 Å². The quantitative estimate of drug-likeness (QED) is 0.180. The van der Waals surface area contributed by atoms with Crippen molar-refractivity contribution in [3.63, 3.8) is 0 Å². The zero-order valence-corrected chi connectivity index (χ0v) is 19.3. The van der Waals surface area contributed by atoms with Gasteiger partial charge in [0, 0.05) is 11.3 Å². The maximum absolute atomic E-state index is 11.1. The average Bonchev–Trinajstić information content (AvgIpc) is 2.58. The molecule has 0 saturated heterocycles. The van der Waals surface area contributed by atoms with E-state index in [1.165, 1.54) is 13.2 Å². The third-order valence-corrected chi connectivity index (χ3v) is 12.2. The summed E-state index contributed by atoms with van der Waals surface area (Å²) in [6.45, 7) is 13.9. The van der Waals surface area contributed by atoms with Crippen molar-refractivity contribution in [2.75, 3.05) is 7.11 Å². The Hall–Kier alpha value is -0.943. The zero-order valence-electron chi connectivity index (χ0n) is 17.5. The van der Waals surface area contributed by atoms with Crippen molar-refractivity contribution >= 4 is 26.0 Å². The van der Waals surface area contributed by atoms with Gasteiger partial charge in [-0.25, -0.2) is 4.79 Å². The van der Waals surface area contributed by atoms with Crippen LogP contribution in [0.2, 0.25) is 16.6 Å². The molecule has 5 heteroatoms. The minimum atomic E-state index is -1.90. The number of carbonyl (C=O) groups excluding carboxylic acids is 1. The summed E-state index contributed by atoms with van der Waals surface area (Å²) < 4.78 is 11.4. The van der Waals surface area contributed by atoms with E-state index in [0.717, 1.165) is 25.0 Å². The van der Waals surface area contributed by atoms with E-state index in [1.54, 1.807) is 0 Å². The van der Waals surface area contributed by atoms with Gasteiger partial charge in [-0.2, -0.15) is 0 Å². The van der Waals surface area contributed by atoms with Crippen molar-refractivity contribution < 1.29 is 14.0 Å². The van der Waals surface area contributed by atoms with Crippen LogP contribution in [-0.2, 0) is 14.0 Å². The fourth-order valence-electron chi connectivity index (χ4n) is 3.95. The second-order valence-electron chi connectivity index (χ2n) is 7.82. The molecular weight excluding hydrogens is 360 g/mol. The minimum Gasteiger partial charge on any atom is -0.543 e. The lowest BCUT2D eigenvalue weighted by Crippen LogP contribution is -2.47. The van der Waals surface area contributed by atoms with Crippen LogP contribution in [0, 0.1) is 0 Å². The van der Waals surface area contributed by atoms with Crippen LogP contribution in [0.3, 0.4) is 0 Å². The van der Waals surface area contributed by atoms with Gasteiger partial charge in [0.2, 0.25) is 0 Å². The highest BCUT2D eigenvalue weighted by Crippen LogP contribution is 2.44. The molecule has 0 aromatic rings. The second-order valence-corrected chi connectivity index (χ2v) is 14.3. The Morgan fingerprint density at radius 1 is 1.19 bits per heavy atom. The molecule has 1 atom stereocenters. The Kier molecular flexibility index (Phi) is 9.80. The Morgan fingerprint density at radius 2 is 1.81 bits per heavy atom. The van der Waals surface area contributed by atoms with Crippen LogP contribution in [0.5, 0.6) is 0 Å². The molecule has 1 heterocycles. The summed E-state index contributed by atoms with van der Waals surface area (Å²) in [5.41, 5.74) is 1.73. The molecule has 1 rings (SSSR count). The molecule has 0 aromatic carbocycles. The topological polar surface area (TPSA) is 35.5 Å². The van der Waals surface area contributed by atoms with Gasteiger partial charge in [-0.3, -0.25) is 0 Å². The first kappa shape index (κ1) is 23.1. The molecule has 0 fully saturated rings.